The van der Waals surface area contributed by atoms with E-state index in [1.54, 1.807) is 7.11 Å². The van der Waals surface area contributed by atoms with E-state index in [0.29, 0.717) is 0 Å². The first-order valence-corrected chi connectivity index (χ1v) is 9.26. The molecule has 5 nitrogen and oxygen atoms in total. The molecule has 1 aliphatic rings. The van der Waals surface area contributed by atoms with E-state index in [-0.39, 0.29) is 0 Å². The molecule has 25 heavy (non-hydrogen) atoms. The third-order valence-corrected chi connectivity index (χ3v) is 4.85. The van der Waals surface area contributed by atoms with Gasteiger partial charge in [0.2, 0.25) is 0 Å². The number of imidazole rings is 1. The predicted molar refractivity (Wildman–Crippen MR) is 99.3 cm³/mol. The second-order valence-corrected chi connectivity index (χ2v) is 6.53. The lowest BCUT2D eigenvalue weighted by atomic mass is 10.0. The number of hydrogen-bond donors (Lipinski definition) is 0. The lowest BCUT2D eigenvalue weighted by Crippen LogP contribution is -2.36. The maximum absolute atomic E-state index is 5.57. The van der Waals surface area contributed by atoms with Crippen LogP contribution in [0.2, 0.25) is 0 Å². The summed E-state index contributed by atoms with van der Waals surface area (Å²) in [6, 6.07) is 6.58. The molecule has 3 rings (SSSR count). The van der Waals surface area contributed by atoms with Crippen molar-refractivity contribution in [3.05, 3.63) is 47.5 Å². The Morgan fingerprint density at radius 2 is 2.08 bits per heavy atom. The van der Waals surface area contributed by atoms with Crippen LogP contribution in [0.4, 0.5) is 0 Å². The second kappa shape index (κ2) is 9.02. The van der Waals surface area contributed by atoms with Gasteiger partial charge in [-0.1, -0.05) is 19.1 Å². The van der Waals surface area contributed by atoms with Gasteiger partial charge in [-0.15, -0.1) is 0 Å². The topological polar surface area (TPSA) is 39.5 Å². The van der Waals surface area contributed by atoms with E-state index in [1.165, 1.54) is 17.5 Å². The van der Waals surface area contributed by atoms with Crippen molar-refractivity contribution in [2.24, 2.45) is 0 Å². The van der Waals surface area contributed by atoms with E-state index in [9.17, 15) is 0 Å². The third kappa shape index (κ3) is 4.83. The Morgan fingerprint density at radius 3 is 2.84 bits per heavy atom. The van der Waals surface area contributed by atoms with Crippen LogP contribution < -0.4 is 4.74 Å². The first-order chi connectivity index (χ1) is 12.3. The normalized spacial score (nSPS) is 15.4. The van der Waals surface area contributed by atoms with Gasteiger partial charge < -0.3 is 14.0 Å². The Labute approximate surface area is 150 Å². The summed E-state index contributed by atoms with van der Waals surface area (Å²) in [5.41, 5.74) is 2.60. The van der Waals surface area contributed by atoms with Gasteiger partial charge >= 0.3 is 0 Å². The summed E-state index contributed by atoms with van der Waals surface area (Å²) < 4.78 is 13.2. The molecule has 1 aromatic carbocycles. The van der Waals surface area contributed by atoms with Crippen LogP contribution in [0.25, 0.3) is 0 Å². The number of benzene rings is 1. The summed E-state index contributed by atoms with van der Waals surface area (Å²) in [5.74, 6) is 2.06. The Morgan fingerprint density at radius 1 is 1.24 bits per heavy atom. The maximum Gasteiger partial charge on any atom is 0.123 e. The molecule has 5 heteroatoms. The van der Waals surface area contributed by atoms with E-state index in [1.807, 2.05) is 12.4 Å². The minimum absolute atomic E-state index is 0.809. The minimum Gasteiger partial charge on any atom is -0.496 e. The van der Waals surface area contributed by atoms with E-state index in [2.05, 4.69) is 39.6 Å². The molecule has 1 fully saturated rings. The largest absolute Gasteiger partial charge is 0.496 e. The number of aryl methyl sites for hydroxylation is 2. The molecule has 1 aliphatic heterocycles. The molecule has 1 aromatic heterocycles. The summed E-state index contributed by atoms with van der Waals surface area (Å²) in [7, 11) is 1.74. The third-order valence-electron chi connectivity index (χ3n) is 4.85. The van der Waals surface area contributed by atoms with E-state index < -0.39 is 0 Å². The van der Waals surface area contributed by atoms with Crippen molar-refractivity contribution < 1.29 is 9.47 Å². The average Bonchev–Trinajstić information content (AvgIpc) is 3.10. The summed E-state index contributed by atoms with van der Waals surface area (Å²) in [6.07, 6.45) is 7.13. The van der Waals surface area contributed by atoms with Gasteiger partial charge in [0.05, 0.1) is 26.9 Å². The molecule has 0 saturated carbocycles. The standard InChI is InChI=1S/C20H29N3O2/c1-3-20-21-8-10-23(20)16-18-15-17(6-7-19(18)24-2)5-4-9-22-11-13-25-14-12-22/h6-8,10,15H,3-5,9,11-14,16H2,1-2H3. The number of ether oxygens (including phenoxy) is 2. The van der Waals surface area contributed by atoms with Gasteiger partial charge in [-0.3, -0.25) is 4.90 Å². The smallest absolute Gasteiger partial charge is 0.123 e. The molecule has 0 unspecified atom stereocenters. The Bertz CT molecular complexity index is 663. The van der Waals surface area contributed by atoms with Crippen LogP contribution in [-0.2, 0) is 24.1 Å². The molecule has 2 aromatic rings. The van der Waals surface area contributed by atoms with Crippen molar-refractivity contribution in [2.45, 2.75) is 32.7 Å². The molecule has 0 spiro atoms. The summed E-state index contributed by atoms with van der Waals surface area (Å²) >= 11 is 0. The van der Waals surface area contributed by atoms with Gasteiger partial charge in [-0.25, -0.2) is 4.98 Å². The van der Waals surface area contributed by atoms with Crippen LogP contribution in [0.1, 0.15) is 30.3 Å². The second-order valence-electron chi connectivity index (χ2n) is 6.53. The van der Waals surface area contributed by atoms with E-state index in [0.717, 1.165) is 63.8 Å². The zero-order chi connectivity index (χ0) is 17.5. The highest BCUT2D eigenvalue weighted by atomic mass is 16.5. The van der Waals surface area contributed by atoms with Crippen molar-refractivity contribution in [3.63, 3.8) is 0 Å². The molecule has 2 heterocycles. The summed E-state index contributed by atoms with van der Waals surface area (Å²) in [5, 5.41) is 0. The highest BCUT2D eigenvalue weighted by Crippen LogP contribution is 2.22. The van der Waals surface area contributed by atoms with Crippen LogP contribution in [-0.4, -0.2) is 54.4 Å². The van der Waals surface area contributed by atoms with Crippen molar-refractivity contribution >= 4 is 0 Å². The van der Waals surface area contributed by atoms with Crippen LogP contribution >= 0.6 is 0 Å². The molecule has 0 bridgehead atoms. The van der Waals surface area contributed by atoms with Crippen molar-refractivity contribution in [3.8, 4) is 5.75 Å². The molecule has 0 amide bonds. The number of methoxy groups -OCH3 is 1. The molecule has 1 saturated heterocycles. The molecular weight excluding hydrogens is 314 g/mol. The van der Waals surface area contributed by atoms with Crippen molar-refractivity contribution in [1.29, 1.82) is 0 Å². The Kier molecular flexibility index (Phi) is 6.48. The highest BCUT2D eigenvalue weighted by molar-refractivity contribution is 5.37. The molecule has 0 radical (unpaired) electrons. The van der Waals surface area contributed by atoms with Crippen molar-refractivity contribution in [1.82, 2.24) is 14.5 Å². The molecular formula is C20H29N3O2. The number of hydrogen-bond acceptors (Lipinski definition) is 4. The highest BCUT2D eigenvalue weighted by Gasteiger charge is 2.11. The number of aromatic nitrogens is 2. The molecule has 0 aliphatic carbocycles. The maximum atomic E-state index is 5.57. The fraction of sp³-hybridized carbons (Fsp3) is 0.550. The number of rotatable bonds is 8. The lowest BCUT2D eigenvalue weighted by molar-refractivity contribution is 0.0374. The summed E-state index contributed by atoms with van der Waals surface area (Å²) in [6.45, 7) is 7.96. The van der Waals surface area contributed by atoms with Gasteiger partial charge in [-0.05, 0) is 31.0 Å². The molecule has 0 N–H and O–H groups in total. The summed E-state index contributed by atoms with van der Waals surface area (Å²) in [4.78, 5) is 6.91. The fourth-order valence-corrected chi connectivity index (χ4v) is 3.42. The Hall–Kier alpha value is -1.85. The fourth-order valence-electron chi connectivity index (χ4n) is 3.42. The zero-order valence-electron chi connectivity index (χ0n) is 15.4. The zero-order valence-corrected chi connectivity index (χ0v) is 15.4. The van der Waals surface area contributed by atoms with Gasteiger partial charge in [0, 0.05) is 37.5 Å². The monoisotopic (exact) mass is 343 g/mol. The van der Waals surface area contributed by atoms with Gasteiger partial charge in [0.15, 0.2) is 0 Å². The predicted octanol–water partition coefficient (Wildman–Crippen LogP) is 2.77. The van der Waals surface area contributed by atoms with E-state index >= 15 is 0 Å². The first-order valence-electron chi connectivity index (χ1n) is 9.26. The van der Waals surface area contributed by atoms with Crippen LogP contribution in [0.15, 0.2) is 30.6 Å². The van der Waals surface area contributed by atoms with Crippen LogP contribution in [0.5, 0.6) is 5.75 Å². The van der Waals surface area contributed by atoms with Gasteiger partial charge in [0.25, 0.3) is 0 Å². The van der Waals surface area contributed by atoms with E-state index in [4.69, 9.17) is 9.47 Å². The number of morpholine rings is 1. The molecule has 0 atom stereocenters. The minimum atomic E-state index is 0.809. The Balaban J connectivity index is 1.62. The molecule has 136 valence electrons. The number of nitrogens with zero attached hydrogens (tertiary/aromatic N) is 3. The van der Waals surface area contributed by atoms with Crippen LogP contribution in [0.3, 0.4) is 0 Å². The average molecular weight is 343 g/mol. The first kappa shape index (κ1) is 18.0. The van der Waals surface area contributed by atoms with Crippen molar-refractivity contribution in [2.75, 3.05) is 40.0 Å². The van der Waals surface area contributed by atoms with Gasteiger partial charge in [-0.2, -0.15) is 0 Å². The SMILES string of the molecule is CCc1nccn1Cc1cc(CCCN2CCOCC2)ccc1OC. The quantitative estimate of drug-likeness (QED) is 0.739. The van der Waals surface area contributed by atoms with Crippen LogP contribution in [0, 0.1) is 0 Å². The van der Waals surface area contributed by atoms with Gasteiger partial charge in [0.1, 0.15) is 11.6 Å². The lowest BCUT2D eigenvalue weighted by Gasteiger charge is -2.26.